The lowest BCUT2D eigenvalue weighted by Crippen LogP contribution is -2.44. The number of benzene rings is 1. The van der Waals surface area contributed by atoms with Crippen molar-refractivity contribution in [2.45, 2.75) is 19.9 Å². The Morgan fingerprint density at radius 3 is 2.52 bits per heavy atom. The normalized spacial score (nSPS) is 16.0. The first kappa shape index (κ1) is 19.4. The minimum atomic E-state index is -0.615. The number of piperazine rings is 1. The van der Waals surface area contributed by atoms with Crippen LogP contribution in [0.2, 0.25) is 0 Å². The standard InChI is InChI=1S/C20H26N4O2S/c1-14-13-16(24-10-8-23(3)9-11-24)6-7-17(14)22-19(25)15(2)21-20(26)18-5-4-12-27-18/h4-7,12-13,15H,8-11H2,1-3H3,(H,21,26)(H,22,25). The molecule has 1 saturated heterocycles. The third-order valence-electron chi connectivity index (χ3n) is 4.82. The number of carbonyl (C=O) groups is 2. The van der Waals surface area contributed by atoms with E-state index >= 15 is 0 Å². The number of hydrogen-bond donors (Lipinski definition) is 2. The van der Waals surface area contributed by atoms with Crippen molar-refractivity contribution in [3.05, 3.63) is 46.2 Å². The van der Waals surface area contributed by atoms with Gasteiger partial charge in [0.15, 0.2) is 0 Å². The van der Waals surface area contributed by atoms with Crippen LogP contribution in [0.4, 0.5) is 11.4 Å². The van der Waals surface area contributed by atoms with Crippen molar-refractivity contribution < 1.29 is 9.59 Å². The van der Waals surface area contributed by atoms with E-state index in [2.05, 4.69) is 33.5 Å². The van der Waals surface area contributed by atoms with Crippen LogP contribution in [0.1, 0.15) is 22.2 Å². The maximum Gasteiger partial charge on any atom is 0.261 e. The zero-order valence-electron chi connectivity index (χ0n) is 16.0. The predicted octanol–water partition coefficient (Wildman–Crippen LogP) is 2.57. The van der Waals surface area contributed by atoms with Crippen LogP contribution in [0.3, 0.4) is 0 Å². The van der Waals surface area contributed by atoms with Gasteiger partial charge in [-0.25, -0.2) is 0 Å². The predicted molar refractivity (Wildman–Crippen MR) is 111 cm³/mol. The number of hydrogen-bond acceptors (Lipinski definition) is 5. The van der Waals surface area contributed by atoms with E-state index in [0.717, 1.165) is 37.4 Å². The van der Waals surface area contributed by atoms with Crippen LogP contribution >= 0.6 is 11.3 Å². The molecule has 144 valence electrons. The summed E-state index contributed by atoms with van der Waals surface area (Å²) in [7, 11) is 2.14. The fourth-order valence-corrected chi connectivity index (χ4v) is 3.66. The Labute approximate surface area is 164 Å². The Balaban J connectivity index is 1.59. The number of aryl methyl sites for hydroxylation is 1. The van der Waals surface area contributed by atoms with Crippen molar-refractivity contribution in [2.75, 3.05) is 43.4 Å². The summed E-state index contributed by atoms with van der Waals surface area (Å²) in [5.74, 6) is -0.454. The number of thiophene rings is 1. The fourth-order valence-electron chi connectivity index (χ4n) is 3.03. The smallest absolute Gasteiger partial charge is 0.261 e. The molecule has 2 aromatic rings. The summed E-state index contributed by atoms with van der Waals surface area (Å²) in [6.45, 7) is 7.80. The molecule has 0 bridgehead atoms. The molecule has 3 rings (SSSR count). The van der Waals surface area contributed by atoms with Gasteiger partial charge in [0.1, 0.15) is 6.04 Å². The number of nitrogens with one attached hydrogen (secondary N) is 2. The van der Waals surface area contributed by atoms with Crippen LogP contribution in [0.25, 0.3) is 0 Å². The summed E-state index contributed by atoms with van der Waals surface area (Å²) in [5.41, 5.74) is 2.96. The van der Waals surface area contributed by atoms with E-state index in [9.17, 15) is 9.59 Å². The van der Waals surface area contributed by atoms with Crippen molar-refractivity contribution in [3.63, 3.8) is 0 Å². The highest BCUT2D eigenvalue weighted by atomic mass is 32.1. The lowest BCUT2D eigenvalue weighted by molar-refractivity contribution is -0.117. The van der Waals surface area contributed by atoms with Gasteiger partial charge in [-0.15, -0.1) is 11.3 Å². The molecule has 1 fully saturated rings. The average Bonchev–Trinajstić information content (AvgIpc) is 3.19. The molecule has 1 aromatic carbocycles. The van der Waals surface area contributed by atoms with Crippen molar-refractivity contribution in [1.82, 2.24) is 10.2 Å². The molecule has 2 heterocycles. The molecular weight excluding hydrogens is 360 g/mol. The quantitative estimate of drug-likeness (QED) is 0.829. The molecule has 1 aromatic heterocycles. The minimum Gasteiger partial charge on any atom is -0.369 e. The highest BCUT2D eigenvalue weighted by molar-refractivity contribution is 7.12. The molecule has 7 heteroatoms. The Hall–Kier alpha value is -2.38. The highest BCUT2D eigenvalue weighted by Gasteiger charge is 2.19. The molecule has 0 spiro atoms. The maximum atomic E-state index is 12.5. The van der Waals surface area contributed by atoms with Gasteiger partial charge in [0.25, 0.3) is 5.91 Å². The summed E-state index contributed by atoms with van der Waals surface area (Å²) in [5, 5.41) is 7.49. The first-order valence-electron chi connectivity index (χ1n) is 9.13. The maximum absolute atomic E-state index is 12.5. The first-order chi connectivity index (χ1) is 12.9. The largest absolute Gasteiger partial charge is 0.369 e. The van der Waals surface area contributed by atoms with E-state index in [1.165, 1.54) is 17.0 Å². The third-order valence-corrected chi connectivity index (χ3v) is 5.69. The SMILES string of the molecule is Cc1cc(N2CCN(C)CC2)ccc1NC(=O)C(C)NC(=O)c1cccs1. The van der Waals surface area contributed by atoms with E-state index in [1.54, 1.807) is 13.0 Å². The molecule has 1 aliphatic heterocycles. The Bertz CT molecular complexity index is 798. The monoisotopic (exact) mass is 386 g/mol. The molecule has 2 N–H and O–H groups in total. The van der Waals surface area contributed by atoms with Gasteiger partial charge in [0.2, 0.25) is 5.91 Å². The van der Waals surface area contributed by atoms with E-state index < -0.39 is 6.04 Å². The van der Waals surface area contributed by atoms with E-state index in [0.29, 0.717) is 4.88 Å². The molecule has 1 atom stereocenters. The van der Waals surface area contributed by atoms with Gasteiger partial charge >= 0.3 is 0 Å². The van der Waals surface area contributed by atoms with Crippen LogP contribution in [0, 0.1) is 6.92 Å². The fraction of sp³-hybridized carbons (Fsp3) is 0.400. The van der Waals surface area contributed by atoms with Crippen LogP contribution in [-0.4, -0.2) is 56.0 Å². The second kappa shape index (κ2) is 8.54. The highest BCUT2D eigenvalue weighted by Crippen LogP contribution is 2.23. The first-order valence-corrected chi connectivity index (χ1v) is 10.0. The van der Waals surface area contributed by atoms with Gasteiger partial charge in [0, 0.05) is 37.6 Å². The van der Waals surface area contributed by atoms with Crippen molar-refractivity contribution in [2.24, 2.45) is 0 Å². The van der Waals surface area contributed by atoms with Crippen LogP contribution in [-0.2, 0) is 4.79 Å². The number of carbonyl (C=O) groups excluding carboxylic acids is 2. The summed E-state index contributed by atoms with van der Waals surface area (Å²) in [6.07, 6.45) is 0. The molecule has 0 aliphatic carbocycles. The van der Waals surface area contributed by atoms with Crippen LogP contribution in [0.15, 0.2) is 35.7 Å². The molecule has 1 unspecified atom stereocenters. The van der Waals surface area contributed by atoms with Crippen LogP contribution in [0.5, 0.6) is 0 Å². The van der Waals surface area contributed by atoms with Gasteiger partial charge in [-0.3, -0.25) is 9.59 Å². The third kappa shape index (κ3) is 4.87. The second-order valence-corrected chi connectivity index (χ2v) is 7.90. The summed E-state index contributed by atoms with van der Waals surface area (Å²) in [6, 6.07) is 9.03. The Kier molecular flexibility index (Phi) is 6.13. The van der Waals surface area contributed by atoms with Gasteiger partial charge in [-0.1, -0.05) is 6.07 Å². The number of amides is 2. The van der Waals surface area contributed by atoms with Crippen LogP contribution < -0.4 is 15.5 Å². The zero-order valence-corrected chi connectivity index (χ0v) is 16.8. The summed E-state index contributed by atoms with van der Waals surface area (Å²) < 4.78 is 0. The molecule has 1 aliphatic rings. The number of nitrogens with zero attached hydrogens (tertiary/aromatic N) is 2. The average molecular weight is 387 g/mol. The van der Waals surface area contributed by atoms with Gasteiger partial charge < -0.3 is 20.4 Å². The number of anilines is 2. The van der Waals surface area contributed by atoms with Gasteiger partial charge in [-0.05, 0) is 56.1 Å². The Morgan fingerprint density at radius 1 is 1.15 bits per heavy atom. The van der Waals surface area contributed by atoms with Crippen molar-refractivity contribution in [1.29, 1.82) is 0 Å². The molecule has 0 radical (unpaired) electrons. The van der Waals surface area contributed by atoms with Crippen molar-refractivity contribution >= 4 is 34.5 Å². The molecule has 27 heavy (non-hydrogen) atoms. The molecule has 2 amide bonds. The number of rotatable bonds is 5. The minimum absolute atomic E-state index is 0.227. The summed E-state index contributed by atoms with van der Waals surface area (Å²) >= 11 is 1.35. The van der Waals surface area contributed by atoms with Crippen molar-refractivity contribution in [3.8, 4) is 0 Å². The topological polar surface area (TPSA) is 64.7 Å². The molecular formula is C20H26N4O2S. The van der Waals surface area contributed by atoms with E-state index in [1.807, 2.05) is 30.5 Å². The van der Waals surface area contributed by atoms with Gasteiger partial charge in [0.05, 0.1) is 4.88 Å². The van der Waals surface area contributed by atoms with Gasteiger partial charge in [-0.2, -0.15) is 0 Å². The summed E-state index contributed by atoms with van der Waals surface area (Å²) in [4.78, 5) is 29.8. The molecule has 6 nitrogen and oxygen atoms in total. The Morgan fingerprint density at radius 2 is 1.89 bits per heavy atom. The molecule has 0 saturated carbocycles. The lowest BCUT2D eigenvalue weighted by Gasteiger charge is -2.34. The zero-order chi connectivity index (χ0) is 19.4. The number of likely N-dealkylation sites (N-methyl/N-ethyl adjacent to an activating group) is 1. The van der Waals surface area contributed by atoms with E-state index in [-0.39, 0.29) is 11.8 Å². The lowest BCUT2D eigenvalue weighted by atomic mass is 10.1. The van der Waals surface area contributed by atoms with E-state index in [4.69, 9.17) is 0 Å². The second-order valence-electron chi connectivity index (χ2n) is 6.95.